The minimum atomic E-state index is 0.433. The van der Waals surface area contributed by atoms with Crippen molar-refractivity contribution < 1.29 is 9.15 Å². The molecule has 0 saturated carbocycles. The lowest BCUT2D eigenvalue weighted by molar-refractivity contribution is 0.414. The van der Waals surface area contributed by atoms with E-state index >= 15 is 0 Å². The third-order valence-electron chi connectivity index (χ3n) is 3.14. The van der Waals surface area contributed by atoms with Gasteiger partial charge in [-0.25, -0.2) is 0 Å². The summed E-state index contributed by atoms with van der Waals surface area (Å²) in [6.45, 7) is 5.67. The van der Waals surface area contributed by atoms with Crippen LogP contribution < -0.4 is 15.0 Å². The van der Waals surface area contributed by atoms with Crippen molar-refractivity contribution in [3.8, 4) is 5.75 Å². The van der Waals surface area contributed by atoms with Crippen LogP contribution in [0.2, 0.25) is 0 Å². The van der Waals surface area contributed by atoms with Gasteiger partial charge in [0.15, 0.2) is 0 Å². The summed E-state index contributed by atoms with van der Waals surface area (Å²) >= 11 is 0. The Kier molecular flexibility index (Phi) is 5.22. The molecule has 0 amide bonds. The van der Waals surface area contributed by atoms with Crippen LogP contribution >= 0.6 is 0 Å². The molecule has 0 spiro atoms. The summed E-state index contributed by atoms with van der Waals surface area (Å²) < 4.78 is 10.7. The van der Waals surface area contributed by atoms with Crippen molar-refractivity contribution in [3.05, 3.63) is 41.8 Å². The molecule has 5 nitrogen and oxygen atoms in total. The minimum Gasteiger partial charge on any atom is -0.497 e. The summed E-state index contributed by atoms with van der Waals surface area (Å²) in [5.74, 6) is 0.861. The number of anilines is 1. The highest BCUT2D eigenvalue weighted by molar-refractivity contribution is 5.32. The van der Waals surface area contributed by atoms with E-state index in [4.69, 9.17) is 9.15 Å². The van der Waals surface area contributed by atoms with Gasteiger partial charge in [-0.3, -0.25) is 0 Å². The number of benzene rings is 1. The Hall–Kier alpha value is -2.01. The van der Waals surface area contributed by atoms with Crippen molar-refractivity contribution in [1.82, 2.24) is 10.3 Å². The molecule has 1 heterocycles. The molecule has 0 atom stereocenters. The van der Waals surface area contributed by atoms with Crippen LogP contribution in [0.1, 0.15) is 25.1 Å². The van der Waals surface area contributed by atoms with E-state index in [0.717, 1.165) is 24.5 Å². The second kappa shape index (κ2) is 7.13. The zero-order valence-electron chi connectivity index (χ0n) is 13.1. The van der Waals surface area contributed by atoms with E-state index in [1.165, 1.54) is 5.56 Å². The summed E-state index contributed by atoms with van der Waals surface area (Å²) in [6.07, 6.45) is 1.70. The fourth-order valence-electron chi connectivity index (χ4n) is 1.93. The van der Waals surface area contributed by atoms with Crippen LogP contribution in [-0.2, 0) is 13.1 Å². The van der Waals surface area contributed by atoms with Crippen LogP contribution in [0.4, 0.5) is 6.01 Å². The average Bonchev–Trinajstić information content (AvgIpc) is 2.95. The van der Waals surface area contributed by atoms with Crippen LogP contribution in [0.5, 0.6) is 5.75 Å². The first-order chi connectivity index (χ1) is 10.1. The molecule has 2 aromatic rings. The molecule has 0 saturated heterocycles. The van der Waals surface area contributed by atoms with E-state index in [2.05, 4.69) is 24.1 Å². The highest BCUT2D eigenvalue weighted by Gasteiger charge is 2.10. The lowest BCUT2D eigenvalue weighted by atomic mass is 10.2. The maximum Gasteiger partial charge on any atom is 0.297 e. The number of methoxy groups -OCH3 is 1. The SMILES string of the molecule is COc1ccc(CN(C)c2nc(CNC(C)C)co2)cc1. The summed E-state index contributed by atoms with van der Waals surface area (Å²) in [5, 5.41) is 3.32. The molecule has 0 bridgehead atoms. The Bertz CT molecular complexity index is 549. The quantitative estimate of drug-likeness (QED) is 0.849. The number of rotatable bonds is 7. The topological polar surface area (TPSA) is 50.5 Å². The molecule has 0 aliphatic heterocycles. The highest BCUT2D eigenvalue weighted by atomic mass is 16.5. The lowest BCUT2D eigenvalue weighted by Crippen LogP contribution is -2.22. The standard InChI is InChI=1S/C16H23N3O2/c1-12(2)17-9-14-11-21-16(18-14)19(3)10-13-5-7-15(20-4)8-6-13/h5-8,11-12,17H,9-10H2,1-4H3. The van der Waals surface area contributed by atoms with E-state index in [1.54, 1.807) is 13.4 Å². The summed E-state index contributed by atoms with van der Waals surface area (Å²) in [6, 6.07) is 9.06. The Labute approximate surface area is 125 Å². The molecule has 1 aromatic heterocycles. The molecule has 0 aliphatic rings. The minimum absolute atomic E-state index is 0.433. The van der Waals surface area contributed by atoms with Crippen LogP contribution in [0.25, 0.3) is 0 Å². The number of ether oxygens (including phenoxy) is 1. The van der Waals surface area contributed by atoms with Gasteiger partial charge in [0, 0.05) is 26.2 Å². The second-order valence-electron chi connectivity index (χ2n) is 5.36. The molecule has 114 valence electrons. The van der Waals surface area contributed by atoms with Gasteiger partial charge >= 0.3 is 0 Å². The predicted molar refractivity (Wildman–Crippen MR) is 83.6 cm³/mol. The maximum atomic E-state index is 5.53. The lowest BCUT2D eigenvalue weighted by Gasteiger charge is -2.14. The van der Waals surface area contributed by atoms with Gasteiger partial charge in [-0.1, -0.05) is 26.0 Å². The monoisotopic (exact) mass is 289 g/mol. The summed E-state index contributed by atoms with van der Waals surface area (Å²) in [5.41, 5.74) is 2.10. The number of nitrogens with zero attached hydrogens (tertiary/aromatic N) is 2. The zero-order valence-corrected chi connectivity index (χ0v) is 13.1. The first-order valence-electron chi connectivity index (χ1n) is 7.10. The van der Waals surface area contributed by atoms with Crippen molar-refractivity contribution >= 4 is 6.01 Å². The molecule has 1 N–H and O–H groups in total. The van der Waals surface area contributed by atoms with Crippen LogP contribution in [0.15, 0.2) is 34.9 Å². The fourth-order valence-corrected chi connectivity index (χ4v) is 1.93. The number of oxazole rings is 1. The summed E-state index contributed by atoms with van der Waals surface area (Å²) in [4.78, 5) is 6.47. The van der Waals surface area contributed by atoms with Gasteiger partial charge in [0.1, 0.15) is 12.0 Å². The van der Waals surface area contributed by atoms with E-state index in [9.17, 15) is 0 Å². The second-order valence-corrected chi connectivity index (χ2v) is 5.36. The van der Waals surface area contributed by atoms with Crippen molar-refractivity contribution in [2.75, 3.05) is 19.1 Å². The Morgan fingerprint density at radius 1 is 1.29 bits per heavy atom. The highest BCUT2D eigenvalue weighted by Crippen LogP contribution is 2.17. The molecule has 1 aromatic carbocycles. The van der Waals surface area contributed by atoms with Crippen molar-refractivity contribution in [2.24, 2.45) is 0 Å². The third-order valence-corrected chi connectivity index (χ3v) is 3.14. The van der Waals surface area contributed by atoms with Crippen molar-refractivity contribution in [1.29, 1.82) is 0 Å². The zero-order chi connectivity index (χ0) is 15.2. The van der Waals surface area contributed by atoms with Gasteiger partial charge in [-0.05, 0) is 17.7 Å². The molecule has 21 heavy (non-hydrogen) atoms. The fraction of sp³-hybridized carbons (Fsp3) is 0.438. The molecule has 2 rings (SSSR count). The Balaban J connectivity index is 1.94. The number of hydrogen-bond acceptors (Lipinski definition) is 5. The van der Waals surface area contributed by atoms with Crippen LogP contribution in [0.3, 0.4) is 0 Å². The first kappa shape index (κ1) is 15.4. The van der Waals surface area contributed by atoms with E-state index in [0.29, 0.717) is 12.1 Å². The maximum absolute atomic E-state index is 5.53. The van der Waals surface area contributed by atoms with Crippen molar-refractivity contribution in [3.63, 3.8) is 0 Å². The van der Waals surface area contributed by atoms with Gasteiger partial charge in [0.2, 0.25) is 0 Å². The predicted octanol–water partition coefficient (Wildman–Crippen LogP) is 2.82. The summed E-state index contributed by atoms with van der Waals surface area (Å²) in [7, 11) is 3.64. The van der Waals surface area contributed by atoms with E-state index < -0.39 is 0 Å². The number of nitrogens with one attached hydrogen (secondary N) is 1. The van der Waals surface area contributed by atoms with Crippen LogP contribution in [-0.4, -0.2) is 25.2 Å². The van der Waals surface area contributed by atoms with Gasteiger partial charge in [-0.15, -0.1) is 0 Å². The number of aromatic nitrogens is 1. The normalized spacial score (nSPS) is 10.9. The molecular formula is C16H23N3O2. The van der Waals surface area contributed by atoms with Gasteiger partial charge in [0.25, 0.3) is 6.01 Å². The molecule has 0 fully saturated rings. The van der Waals surface area contributed by atoms with Crippen molar-refractivity contribution in [2.45, 2.75) is 33.0 Å². The van der Waals surface area contributed by atoms with Gasteiger partial charge < -0.3 is 19.4 Å². The Morgan fingerprint density at radius 3 is 2.62 bits per heavy atom. The average molecular weight is 289 g/mol. The third kappa shape index (κ3) is 4.49. The molecule has 5 heteroatoms. The van der Waals surface area contributed by atoms with Gasteiger partial charge in [0.05, 0.1) is 12.8 Å². The van der Waals surface area contributed by atoms with Gasteiger partial charge in [-0.2, -0.15) is 4.98 Å². The molecule has 0 aliphatic carbocycles. The molecule has 0 unspecified atom stereocenters. The largest absolute Gasteiger partial charge is 0.497 e. The number of hydrogen-bond donors (Lipinski definition) is 1. The first-order valence-corrected chi connectivity index (χ1v) is 7.10. The molecular weight excluding hydrogens is 266 g/mol. The van der Waals surface area contributed by atoms with Crippen LogP contribution in [0, 0.1) is 0 Å². The Morgan fingerprint density at radius 2 is 2.00 bits per heavy atom. The van der Waals surface area contributed by atoms with E-state index in [1.807, 2.05) is 36.2 Å². The van der Waals surface area contributed by atoms with E-state index in [-0.39, 0.29) is 0 Å². The molecule has 0 radical (unpaired) electrons. The smallest absolute Gasteiger partial charge is 0.297 e.